The molecule has 1 heterocycles. The van der Waals surface area contributed by atoms with Crippen LogP contribution >= 0.6 is 11.6 Å². The van der Waals surface area contributed by atoms with Gasteiger partial charge in [0.1, 0.15) is 5.82 Å². The highest BCUT2D eigenvalue weighted by molar-refractivity contribution is 6.33. The summed E-state index contributed by atoms with van der Waals surface area (Å²) in [5.41, 5.74) is 1.14. The van der Waals surface area contributed by atoms with Gasteiger partial charge in [-0.05, 0) is 44.2 Å². The molecule has 1 aromatic rings. The van der Waals surface area contributed by atoms with Crippen LogP contribution in [0.2, 0.25) is 5.02 Å². The number of hydrogen-bond acceptors (Lipinski definition) is 3. The lowest BCUT2D eigenvalue weighted by molar-refractivity contribution is 0.587. The number of nitrogens with one attached hydrogen (secondary N) is 1. The van der Waals surface area contributed by atoms with Crippen molar-refractivity contribution in [2.45, 2.75) is 59.2 Å². The molecule has 1 aliphatic carbocycles. The molecule has 0 atom stereocenters. The molecule has 1 N–H and O–H groups in total. The number of hydrogen-bond donors (Lipinski definition) is 1. The number of rotatable bonds is 7. The number of aromatic nitrogens is 1. The van der Waals surface area contributed by atoms with Gasteiger partial charge < -0.3 is 10.2 Å². The zero-order valence-corrected chi connectivity index (χ0v) is 13.7. The molecule has 0 saturated heterocycles. The van der Waals surface area contributed by atoms with Gasteiger partial charge in [0.05, 0.1) is 5.02 Å². The quantitative estimate of drug-likeness (QED) is 0.828. The van der Waals surface area contributed by atoms with E-state index in [4.69, 9.17) is 11.6 Å². The van der Waals surface area contributed by atoms with Crippen LogP contribution in [0, 0.1) is 5.92 Å². The molecule has 0 unspecified atom stereocenters. The van der Waals surface area contributed by atoms with Crippen LogP contribution in [-0.2, 0) is 6.54 Å². The van der Waals surface area contributed by atoms with Gasteiger partial charge >= 0.3 is 0 Å². The van der Waals surface area contributed by atoms with E-state index in [1.807, 2.05) is 12.3 Å². The van der Waals surface area contributed by atoms with Crippen LogP contribution in [0.4, 0.5) is 5.82 Å². The molecule has 1 aromatic heterocycles. The Balaban J connectivity index is 2.09. The molecule has 3 nitrogen and oxygen atoms in total. The topological polar surface area (TPSA) is 28.2 Å². The first-order valence-corrected chi connectivity index (χ1v) is 7.99. The average molecular weight is 296 g/mol. The fourth-order valence-corrected chi connectivity index (χ4v) is 2.52. The van der Waals surface area contributed by atoms with E-state index >= 15 is 0 Å². The van der Waals surface area contributed by atoms with Crippen molar-refractivity contribution in [1.29, 1.82) is 0 Å². The molecule has 1 aliphatic rings. The van der Waals surface area contributed by atoms with Crippen LogP contribution in [0.5, 0.6) is 0 Å². The molecule has 1 fully saturated rings. The van der Waals surface area contributed by atoms with E-state index < -0.39 is 0 Å². The minimum atomic E-state index is 0.431. The lowest BCUT2D eigenvalue weighted by atomic mass is 10.2. The second kappa shape index (κ2) is 6.77. The van der Waals surface area contributed by atoms with Crippen molar-refractivity contribution >= 4 is 17.4 Å². The standard InChI is InChI=1S/C16H26ClN3/c1-11(2)18-8-14-7-15(17)16(19-9-14)20(12(3)4)10-13-5-6-13/h7,9,11-13,18H,5-6,8,10H2,1-4H3. The Morgan fingerprint density at radius 2 is 2.05 bits per heavy atom. The fraction of sp³-hybridized carbons (Fsp3) is 0.688. The van der Waals surface area contributed by atoms with Crippen LogP contribution in [0.1, 0.15) is 46.1 Å². The Bertz CT molecular complexity index is 441. The predicted molar refractivity (Wildman–Crippen MR) is 86.4 cm³/mol. The van der Waals surface area contributed by atoms with Crippen molar-refractivity contribution in [2.24, 2.45) is 5.92 Å². The van der Waals surface area contributed by atoms with Crippen molar-refractivity contribution in [3.63, 3.8) is 0 Å². The smallest absolute Gasteiger partial charge is 0.147 e. The van der Waals surface area contributed by atoms with E-state index in [-0.39, 0.29) is 0 Å². The molecular formula is C16H26ClN3. The van der Waals surface area contributed by atoms with Crippen LogP contribution in [0.15, 0.2) is 12.3 Å². The van der Waals surface area contributed by atoms with Gasteiger partial charge in [-0.15, -0.1) is 0 Å². The molecule has 0 aliphatic heterocycles. The summed E-state index contributed by atoms with van der Waals surface area (Å²) in [4.78, 5) is 6.95. The van der Waals surface area contributed by atoms with Crippen molar-refractivity contribution in [3.05, 3.63) is 22.8 Å². The van der Waals surface area contributed by atoms with Gasteiger partial charge in [-0.1, -0.05) is 25.4 Å². The zero-order chi connectivity index (χ0) is 14.7. The number of anilines is 1. The maximum Gasteiger partial charge on any atom is 0.147 e. The Kier molecular flexibility index (Phi) is 5.28. The largest absolute Gasteiger partial charge is 0.353 e. The van der Waals surface area contributed by atoms with Gasteiger partial charge in [0.2, 0.25) is 0 Å². The molecule has 0 amide bonds. The molecule has 0 aromatic carbocycles. The summed E-state index contributed by atoms with van der Waals surface area (Å²) in [5.74, 6) is 1.76. The first kappa shape index (κ1) is 15.6. The SMILES string of the molecule is CC(C)NCc1cnc(N(CC2CC2)C(C)C)c(Cl)c1. The molecule has 4 heteroatoms. The van der Waals surface area contributed by atoms with Gasteiger partial charge in [-0.2, -0.15) is 0 Å². The number of nitrogens with zero attached hydrogens (tertiary/aromatic N) is 2. The summed E-state index contributed by atoms with van der Waals surface area (Å²) in [6.45, 7) is 10.6. The molecule has 0 radical (unpaired) electrons. The Labute approximate surface area is 127 Å². The Morgan fingerprint density at radius 3 is 2.55 bits per heavy atom. The molecule has 0 spiro atoms. The summed E-state index contributed by atoms with van der Waals surface area (Å²) < 4.78 is 0. The average Bonchev–Trinajstić information content (AvgIpc) is 3.18. The van der Waals surface area contributed by atoms with Crippen molar-refractivity contribution in [2.75, 3.05) is 11.4 Å². The highest BCUT2D eigenvalue weighted by Crippen LogP contribution is 2.34. The third-order valence-electron chi connectivity index (χ3n) is 3.64. The summed E-state index contributed by atoms with van der Waals surface area (Å²) in [7, 11) is 0. The molecule has 0 bridgehead atoms. The van der Waals surface area contributed by atoms with Crippen LogP contribution in [0.25, 0.3) is 0 Å². The van der Waals surface area contributed by atoms with Gasteiger partial charge in [-0.3, -0.25) is 0 Å². The molecular weight excluding hydrogens is 270 g/mol. The zero-order valence-electron chi connectivity index (χ0n) is 13.0. The van der Waals surface area contributed by atoms with Crippen molar-refractivity contribution < 1.29 is 0 Å². The number of halogens is 1. The third-order valence-corrected chi connectivity index (χ3v) is 3.92. The monoisotopic (exact) mass is 295 g/mol. The maximum absolute atomic E-state index is 6.46. The first-order chi connectivity index (χ1) is 9.47. The predicted octanol–water partition coefficient (Wildman–Crippen LogP) is 3.86. The van der Waals surface area contributed by atoms with Crippen LogP contribution < -0.4 is 10.2 Å². The van der Waals surface area contributed by atoms with Gasteiger partial charge in [-0.25, -0.2) is 4.98 Å². The summed E-state index contributed by atoms with van der Waals surface area (Å²) in [6, 6.07) is 2.94. The van der Waals surface area contributed by atoms with E-state index in [9.17, 15) is 0 Å². The van der Waals surface area contributed by atoms with E-state index in [2.05, 4.69) is 42.9 Å². The highest BCUT2D eigenvalue weighted by atomic mass is 35.5. The third kappa shape index (κ3) is 4.35. The normalized spacial score (nSPS) is 15.2. The van der Waals surface area contributed by atoms with Crippen molar-refractivity contribution in [3.8, 4) is 0 Å². The first-order valence-electron chi connectivity index (χ1n) is 7.61. The fourth-order valence-electron chi connectivity index (χ4n) is 2.22. The molecule has 20 heavy (non-hydrogen) atoms. The number of pyridine rings is 1. The van der Waals surface area contributed by atoms with Crippen LogP contribution in [-0.4, -0.2) is 23.6 Å². The molecule has 1 saturated carbocycles. The lowest BCUT2D eigenvalue weighted by Crippen LogP contribution is -2.33. The van der Waals surface area contributed by atoms with E-state index in [1.165, 1.54) is 12.8 Å². The van der Waals surface area contributed by atoms with E-state index in [0.717, 1.165) is 35.4 Å². The van der Waals surface area contributed by atoms with Gasteiger partial charge in [0, 0.05) is 31.4 Å². The second-order valence-electron chi connectivity index (χ2n) is 6.37. The van der Waals surface area contributed by atoms with Gasteiger partial charge in [0.15, 0.2) is 0 Å². The highest BCUT2D eigenvalue weighted by Gasteiger charge is 2.27. The summed E-state index contributed by atoms with van der Waals surface area (Å²) >= 11 is 6.46. The Morgan fingerprint density at radius 1 is 1.35 bits per heavy atom. The minimum Gasteiger partial charge on any atom is -0.353 e. The summed E-state index contributed by atoms with van der Waals surface area (Å²) in [6.07, 6.45) is 4.63. The van der Waals surface area contributed by atoms with E-state index in [0.29, 0.717) is 12.1 Å². The minimum absolute atomic E-state index is 0.431. The lowest BCUT2D eigenvalue weighted by Gasteiger charge is -2.29. The Hall–Kier alpha value is -0.800. The second-order valence-corrected chi connectivity index (χ2v) is 6.78. The van der Waals surface area contributed by atoms with E-state index in [1.54, 1.807) is 0 Å². The maximum atomic E-state index is 6.46. The van der Waals surface area contributed by atoms with Gasteiger partial charge in [0.25, 0.3) is 0 Å². The molecule has 2 rings (SSSR count). The van der Waals surface area contributed by atoms with Crippen LogP contribution in [0.3, 0.4) is 0 Å². The summed E-state index contributed by atoms with van der Waals surface area (Å²) in [5, 5.41) is 4.16. The molecule has 112 valence electrons. The van der Waals surface area contributed by atoms with Crippen molar-refractivity contribution in [1.82, 2.24) is 10.3 Å².